The van der Waals surface area contributed by atoms with Crippen molar-refractivity contribution in [2.75, 3.05) is 19.7 Å². The van der Waals surface area contributed by atoms with Crippen LogP contribution in [0.3, 0.4) is 0 Å². The van der Waals surface area contributed by atoms with E-state index < -0.39 is 0 Å². The summed E-state index contributed by atoms with van der Waals surface area (Å²) in [6.07, 6.45) is 2.85. The Balaban J connectivity index is 2.60. The Kier molecular flexibility index (Phi) is 5.92. The van der Waals surface area contributed by atoms with Crippen molar-refractivity contribution in [3.63, 3.8) is 0 Å². The topological polar surface area (TPSA) is 55.6 Å². The molecule has 4 nitrogen and oxygen atoms in total. The summed E-state index contributed by atoms with van der Waals surface area (Å²) < 4.78 is 5.16. The van der Waals surface area contributed by atoms with Gasteiger partial charge in [-0.25, -0.2) is 0 Å². The molecule has 0 amide bonds. The van der Waals surface area contributed by atoms with Gasteiger partial charge >= 0.3 is 5.97 Å². The van der Waals surface area contributed by atoms with Crippen LogP contribution in [0.25, 0.3) is 0 Å². The average molecular weight is 242 g/mol. The average Bonchev–Trinajstić information content (AvgIpc) is 2.30. The molecule has 0 bridgehead atoms. The van der Waals surface area contributed by atoms with Gasteiger partial charge in [0.15, 0.2) is 0 Å². The van der Waals surface area contributed by atoms with Gasteiger partial charge in [0.1, 0.15) is 6.04 Å². The van der Waals surface area contributed by atoms with Crippen LogP contribution in [-0.4, -0.2) is 42.6 Å². The predicted octanol–water partition coefficient (Wildman–Crippen LogP) is 1.39. The summed E-state index contributed by atoms with van der Waals surface area (Å²) in [5.74, 6) is 0.384. The Morgan fingerprint density at radius 2 is 2.24 bits per heavy atom. The number of carbonyl (C=O) groups is 1. The summed E-state index contributed by atoms with van der Waals surface area (Å²) in [5.41, 5.74) is 6.01. The van der Waals surface area contributed by atoms with Gasteiger partial charge in [-0.1, -0.05) is 20.3 Å². The largest absolute Gasteiger partial charge is 0.465 e. The van der Waals surface area contributed by atoms with Crippen molar-refractivity contribution in [3.05, 3.63) is 0 Å². The zero-order chi connectivity index (χ0) is 12.8. The molecule has 100 valence electrons. The highest BCUT2D eigenvalue weighted by atomic mass is 16.5. The van der Waals surface area contributed by atoms with Crippen LogP contribution >= 0.6 is 0 Å². The second-order valence-corrected chi connectivity index (χ2v) is 4.98. The molecule has 3 atom stereocenters. The lowest BCUT2D eigenvalue weighted by molar-refractivity contribution is -0.150. The van der Waals surface area contributed by atoms with Gasteiger partial charge in [0.05, 0.1) is 6.61 Å². The molecule has 17 heavy (non-hydrogen) atoms. The first-order valence-electron chi connectivity index (χ1n) is 6.76. The van der Waals surface area contributed by atoms with Crippen LogP contribution in [0.15, 0.2) is 0 Å². The highest BCUT2D eigenvalue weighted by molar-refractivity contribution is 5.75. The fourth-order valence-corrected chi connectivity index (χ4v) is 2.44. The predicted molar refractivity (Wildman–Crippen MR) is 68.7 cm³/mol. The van der Waals surface area contributed by atoms with Gasteiger partial charge < -0.3 is 10.5 Å². The molecule has 1 rings (SSSR count). The van der Waals surface area contributed by atoms with Crippen LogP contribution in [0, 0.1) is 5.92 Å². The van der Waals surface area contributed by atoms with E-state index in [0.29, 0.717) is 12.5 Å². The Morgan fingerprint density at radius 3 is 2.76 bits per heavy atom. The molecule has 1 aliphatic rings. The molecular weight excluding hydrogens is 216 g/mol. The third kappa shape index (κ3) is 3.96. The molecule has 0 aromatic heterocycles. The van der Waals surface area contributed by atoms with Gasteiger partial charge in [0.25, 0.3) is 0 Å². The minimum atomic E-state index is -0.0742. The standard InChI is InChI=1S/C13H26N2O2/c1-4-6-12(13(16)17-5-2)15-8-7-11(14)10(3)9-15/h10-12H,4-9,14H2,1-3H3. The highest BCUT2D eigenvalue weighted by Crippen LogP contribution is 2.20. The maximum absolute atomic E-state index is 11.9. The summed E-state index contributed by atoms with van der Waals surface area (Å²) in [7, 11) is 0. The minimum Gasteiger partial charge on any atom is -0.465 e. The molecule has 0 aliphatic carbocycles. The fraction of sp³-hybridized carbons (Fsp3) is 0.923. The molecular formula is C13H26N2O2. The van der Waals surface area contributed by atoms with Crippen LogP contribution in [0.1, 0.15) is 40.0 Å². The maximum Gasteiger partial charge on any atom is 0.323 e. The summed E-state index contributed by atoms with van der Waals surface area (Å²) in [6, 6.07) is 0.200. The van der Waals surface area contributed by atoms with Crippen LogP contribution in [0.5, 0.6) is 0 Å². The van der Waals surface area contributed by atoms with Gasteiger partial charge in [0.2, 0.25) is 0 Å². The lowest BCUT2D eigenvalue weighted by atomic mass is 9.93. The van der Waals surface area contributed by atoms with Crippen molar-refractivity contribution < 1.29 is 9.53 Å². The number of hydrogen-bond acceptors (Lipinski definition) is 4. The molecule has 0 spiro atoms. The molecule has 4 heteroatoms. The van der Waals surface area contributed by atoms with Crippen molar-refractivity contribution in [1.82, 2.24) is 4.90 Å². The van der Waals surface area contributed by atoms with Crippen LogP contribution in [0.4, 0.5) is 0 Å². The van der Waals surface area contributed by atoms with Gasteiger partial charge in [-0.2, -0.15) is 0 Å². The third-order valence-electron chi connectivity index (χ3n) is 3.56. The first-order valence-corrected chi connectivity index (χ1v) is 6.76. The molecule has 0 aromatic carbocycles. The first-order chi connectivity index (χ1) is 8.10. The maximum atomic E-state index is 11.9. The zero-order valence-corrected chi connectivity index (χ0v) is 11.3. The second-order valence-electron chi connectivity index (χ2n) is 4.98. The van der Waals surface area contributed by atoms with Crippen molar-refractivity contribution in [2.24, 2.45) is 11.7 Å². The van der Waals surface area contributed by atoms with Gasteiger partial charge in [-0.15, -0.1) is 0 Å². The van der Waals surface area contributed by atoms with E-state index >= 15 is 0 Å². The molecule has 0 saturated carbocycles. The van der Waals surface area contributed by atoms with Gasteiger partial charge in [-0.05, 0) is 25.7 Å². The van der Waals surface area contributed by atoms with Crippen molar-refractivity contribution in [2.45, 2.75) is 52.1 Å². The number of carbonyl (C=O) groups excluding carboxylic acids is 1. The lowest BCUT2D eigenvalue weighted by Crippen LogP contribution is -2.52. The zero-order valence-electron chi connectivity index (χ0n) is 11.3. The number of esters is 1. The first kappa shape index (κ1) is 14.5. The molecule has 1 saturated heterocycles. The molecule has 2 N–H and O–H groups in total. The van der Waals surface area contributed by atoms with E-state index in [1.807, 2.05) is 6.92 Å². The number of nitrogens with two attached hydrogens (primary N) is 1. The number of hydrogen-bond donors (Lipinski definition) is 1. The van der Waals surface area contributed by atoms with Crippen LogP contribution in [-0.2, 0) is 9.53 Å². The van der Waals surface area contributed by atoms with Crippen LogP contribution in [0.2, 0.25) is 0 Å². The minimum absolute atomic E-state index is 0.0722. The molecule has 0 radical (unpaired) electrons. The second kappa shape index (κ2) is 6.97. The van der Waals surface area contributed by atoms with E-state index in [4.69, 9.17) is 10.5 Å². The molecule has 1 heterocycles. The van der Waals surface area contributed by atoms with Gasteiger partial charge in [-0.3, -0.25) is 9.69 Å². The van der Waals surface area contributed by atoms with Crippen molar-refractivity contribution in [1.29, 1.82) is 0 Å². The SMILES string of the molecule is CCCC(C(=O)OCC)N1CCC(N)C(C)C1. The quantitative estimate of drug-likeness (QED) is 0.740. The van der Waals surface area contributed by atoms with E-state index in [9.17, 15) is 4.79 Å². The molecule has 0 aromatic rings. The molecule has 3 unspecified atom stereocenters. The summed E-state index contributed by atoms with van der Waals surface area (Å²) >= 11 is 0. The number of rotatable bonds is 5. The van der Waals surface area contributed by atoms with Crippen LogP contribution < -0.4 is 5.73 Å². The number of nitrogens with zero attached hydrogens (tertiary/aromatic N) is 1. The van der Waals surface area contributed by atoms with E-state index in [-0.39, 0.29) is 18.1 Å². The Bertz CT molecular complexity index is 246. The smallest absolute Gasteiger partial charge is 0.323 e. The van der Waals surface area contributed by atoms with E-state index in [1.165, 1.54) is 0 Å². The van der Waals surface area contributed by atoms with E-state index in [0.717, 1.165) is 32.4 Å². The fourth-order valence-electron chi connectivity index (χ4n) is 2.44. The van der Waals surface area contributed by atoms with E-state index in [2.05, 4.69) is 18.7 Å². The summed E-state index contributed by atoms with van der Waals surface area (Å²) in [5, 5.41) is 0. The highest BCUT2D eigenvalue weighted by Gasteiger charge is 2.32. The number of piperidine rings is 1. The normalized spacial score (nSPS) is 27.8. The van der Waals surface area contributed by atoms with Crippen molar-refractivity contribution in [3.8, 4) is 0 Å². The monoisotopic (exact) mass is 242 g/mol. The third-order valence-corrected chi connectivity index (χ3v) is 3.56. The lowest BCUT2D eigenvalue weighted by Gasteiger charge is -2.38. The Morgan fingerprint density at radius 1 is 1.53 bits per heavy atom. The Hall–Kier alpha value is -0.610. The Labute approximate surface area is 104 Å². The van der Waals surface area contributed by atoms with E-state index in [1.54, 1.807) is 0 Å². The van der Waals surface area contributed by atoms with Gasteiger partial charge in [0, 0.05) is 19.1 Å². The number of ether oxygens (including phenoxy) is 1. The molecule has 1 aliphatic heterocycles. The summed E-state index contributed by atoms with van der Waals surface area (Å²) in [6.45, 7) is 8.40. The molecule has 1 fully saturated rings. The van der Waals surface area contributed by atoms with Crippen molar-refractivity contribution >= 4 is 5.97 Å². The summed E-state index contributed by atoms with van der Waals surface area (Å²) in [4.78, 5) is 14.2. The number of likely N-dealkylation sites (tertiary alicyclic amines) is 1.